The van der Waals surface area contributed by atoms with Crippen molar-refractivity contribution >= 4 is 0 Å². The molecule has 1 heteroatoms. The summed E-state index contributed by atoms with van der Waals surface area (Å²) in [6, 6.07) is 0. The minimum atomic E-state index is 0.717. The zero-order chi connectivity index (χ0) is 15.4. The number of nitrogens with one attached hydrogen (secondary N) is 1. The van der Waals surface area contributed by atoms with Gasteiger partial charge in [0, 0.05) is 6.54 Å². The Balaban J connectivity index is 1.83. The van der Waals surface area contributed by atoms with Gasteiger partial charge in [-0.1, -0.05) is 85.0 Å². The first-order valence-corrected chi connectivity index (χ1v) is 9.89. The summed E-state index contributed by atoms with van der Waals surface area (Å²) in [5, 5.41) is 3.67. The molecule has 0 bridgehead atoms. The highest BCUT2D eigenvalue weighted by Crippen LogP contribution is 2.49. The smallest absolute Gasteiger partial charge is 0.000792 e. The molecule has 0 spiro atoms. The van der Waals surface area contributed by atoms with Crippen LogP contribution < -0.4 is 5.32 Å². The monoisotopic (exact) mass is 295 g/mol. The van der Waals surface area contributed by atoms with Gasteiger partial charge in [0.05, 0.1) is 0 Å². The van der Waals surface area contributed by atoms with Gasteiger partial charge in [-0.2, -0.15) is 0 Å². The quantitative estimate of drug-likeness (QED) is 0.348. The largest absolute Gasteiger partial charge is 0.316 e. The first-order valence-electron chi connectivity index (χ1n) is 9.89. The number of hydrogen-bond donors (Lipinski definition) is 1. The standard InChI is InChI=1S/C20H41N/c1-4-5-6-7-8-9-10-11-12-13-14-20(15-16-20)18-21-17-19(2)3/h19,21H,4-18H2,1-3H3. The second-order valence-corrected chi connectivity index (χ2v) is 7.96. The average Bonchev–Trinajstić information content (AvgIpc) is 3.21. The van der Waals surface area contributed by atoms with E-state index >= 15 is 0 Å². The molecule has 0 aromatic carbocycles. The molecule has 0 heterocycles. The molecule has 0 atom stereocenters. The maximum Gasteiger partial charge on any atom is 0.000792 e. The van der Waals surface area contributed by atoms with Gasteiger partial charge in [-0.05, 0) is 37.1 Å². The predicted molar refractivity (Wildman–Crippen MR) is 95.8 cm³/mol. The van der Waals surface area contributed by atoms with E-state index in [1.165, 1.54) is 96.6 Å². The van der Waals surface area contributed by atoms with Crippen LogP contribution in [0.4, 0.5) is 0 Å². The molecule has 1 N–H and O–H groups in total. The first kappa shape index (κ1) is 19.0. The predicted octanol–water partition coefficient (Wildman–Crippen LogP) is 6.32. The van der Waals surface area contributed by atoms with Crippen LogP contribution >= 0.6 is 0 Å². The number of unbranched alkanes of at least 4 members (excludes halogenated alkanes) is 9. The Hall–Kier alpha value is -0.0400. The summed E-state index contributed by atoms with van der Waals surface area (Å²) < 4.78 is 0. The maximum atomic E-state index is 3.67. The summed E-state index contributed by atoms with van der Waals surface area (Å²) >= 11 is 0. The van der Waals surface area contributed by atoms with Crippen LogP contribution in [-0.4, -0.2) is 13.1 Å². The topological polar surface area (TPSA) is 12.0 Å². The lowest BCUT2D eigenvalue weighted by atomic mass is 9.97. The molecule has 0 radical (unpaired) electrons. The van der Waals surface area contributed by atoms with Gasteiger partial charge in [-0.3, -0.25) is 0 Å². The normalized spacial score (nSPS) is 16.6. The Morgan fingerprint density at radius 3 is 1.81 bits per heavy atom. The van der Waals surface area contributed by atoms with Crippen LogP contribution in [0.5, 0.6) is 0 Å². The Morgan fingerprint density at radius 1 is 0.810 bits per heavy atom. The molecular formula is C20H41N. The second kappa shape index (κ2) is 11.5. The van der Waals surface area contributed by atoms with Crippen LogP contribution in [0.15, 0.2) is 0 Å². The van der Waals surface area contributed by atoms with Crippen LogP contribution in [0, 0.1) is 11.3 Å². The molecule has 126 valence electrons. The van der Waals surface area contributed by atoms with Gasteiger partial charge in [-0.15, -0.1) is 0 Å². The SMILES string of the molecule is CCCCCCCCCCCCC1(CNCC(C)C)CC1. The summed E-state index contributed by atoms with van der Waals surface area (Å²) in [5.41, 5.74) is 0.717. The minimum Gasteiger partial charge on any atom is -0.316 e. The minimum absolute atomic E-state index is 0.717. The van der Waals surface area contributed by atoms with E-state index in [1.54, 1.807) is 0 Å². The van der Waals surface area contributed by atoms with Gasteiger partial charge < -0.3 is 5.32 Å². The molecule has 1 aliphatic rings. The van der Waals surface area contributed by atoms with E-state index < -0.39 is 0 Å². The first-order chi connectivity index (χ1) is 10.2. The van der Waals surface area contributed by atoms with Crippen molar-refractivity contribution in [1.29, 1.82) is 0 Å². The van der Waals surface area contributed by atoms with Gasteiger partial charge >= 0.3 is 0 Å². The van der Waals surface area contributed by atoms with Crippen molar-refractivity contribution in [3.05, 3.63) is 0 Å². The van der Waals surface area contributed by atoms with Crippen LogP contribution in [0.25, 0.3) is 0 Å². The highest BCUT2D eigenvalue weighted by atomic mass is 14.9. The van der Waals surface area contributed by atoms with Crippen molar-refractivity contribution in [2.45, 2.75) is 104 Å². The lowest BCUT2D eigenvalue weighted by Crippen LogP contribution is -2.27. The second-order valence-electron chi connectivity index (χ2n) is 7.96. The average molecular weight is 296 g/mol. The lowest BCUT2D eigenvalue weighted by Gasteiger charge is -2.17. The number of rotatable bonds is 15. The van der Waals surface area contributed by atoms with Crippen molar-refractivity contribution in [2.24, 2.45) is 11.3 Å². The van der Waals surface area contributed by atoms with Crippen molar-refractivity contribution in [1.82, 2.24) is 5.32 Å². The Labute approximate surface area is 134 Å². The zero-order valence-electron chi connectivity index (χ0n) is 15.2. The van der Waals surface area contributed by atoms with Crippen molar-refractivity contribution in [2.75, 3.05) is 13.1 Å². The van der Waals surface area contributed by atoms with Gasteiger partial charge in [0.15, 0.2) is 0 Å². The third kappa shape index (κ3) is 10.3. The molecule has 0 aliphatic heterocycles. The van der Waals surface area contributed by atoms with E-state index in [2.05, 4.69) is 26.1 Å². The number of hydrogen-bond acceptors (Lipinski definition) is 1. The van der Waals surface area contributed by atoms with Crippen molar-refractivity contribution in [3.63, 3.8) is 0 Å². The maximum absolute atomic E-state index is 3.67. The van der Waals surface area contributed by atoms with E-state index in [9.17, 15) is 0 Å². The molecule has 1 nitrogen and oxygen atoms in total. The zero-order valence-corrected chi connectivity index (χ0v) is 15.2. The molecule has 1 rings (SSSR count). The molecule has 0 amide bonds. The third-order valence-electron chi connectivity index (χ3n) is 5.07. The molecule has 0 aromatic rings. The summed E-state index contributed by atoms with van der Waals surface area (Å²) in [7, 11) is 0. The van der Waals surface area contributed by atoms with E-state index in [1.807, 2.05) is 0 Å². The molecule has 21 heavy (non-hydrogen) atoms. The molecule has 1 aliphatic carbocycles. The van der Waals surface area contributed by atoms with Crippen LogP contribution in [0.1, 0.15) is 104 Å². The fourth-order valence-electron chi connectivity index (χ4n) is 3.31. The van der Waals surface area contributed by atoms with E-state index in [-0.39, 0.29) is 0 Å². The van der Waals surface area contributed by atoms with Gasteiger partial charge in [-0.25, -0.2) is 0 Å². The third-order valence-corrected chi connectivity index (χ3v) is 5.07. The van der Waals surface area contributed by atoms with Crippen LogP contribution in [0.2, 0.25) is 0 Å². The van der Waals surface area contributed by atoms with Gasteiger partial charge in [0.2, 0.25) is 0 Å². The van der Waals surface area contributed by atoms with Crippen LogP contribution in [-0.2, 0) is 0 Å². The van der Waals surface area contributed by atoms with Crippen molar-refractivity contribution in [3.8, 4) is 0 Å². The molecule has 1 saturated carbocycles. The highest BCUT2D eigenvalue weighted by molar-refractivity contribution is 4.94. The van der Waals surface area contributed by atoms with E-state index in [4.69, 9.17) is 0 Å². The molecule has 1 fully saturated rings. The molecule has 0 saturated heterocycles. The fourth-order valence-corrected chi connectivity index (χ4v) is 3.31. The van der Waals surface area contributed by atoms with Crippen molar-refractivity contribution < 1.29 is 0 Å². The Kier molecular flexibility index (Phi) is 10.4. The molecule has 0 unspecified atom stereocenters. The lowest BCUT2D eigenvalue weighted by molar-refractivity contribution is 0.390. The van der Waals surface area contributed by atoms with E-state index in [0.717, 1.165) is 11.3 Å². The summed E-state index contributed by atoms with van der Waals surface area (Å²) in [6.07, 6.45) is 19.0. The molecular weight excluding hydrogens is 254 g/mol. The van der Waals surface area contributed by atoms with Gasteiger partial charge in [0.1, 0.15) is 0 Å². The van der Waals surface area contributed by atoms with Gasteiger partial charge in [0.25, 0.3) is 0 Å². The summed E-state index contributed by atoms with van der Waals surface area (Å²) in [5.74, 6) is 0.790. The molecule has 0 aromatic heterocycles. The van der Waals surface area contributed by atoms with E-state index in [0.29, 0.717) is 0 Å². The summed E-state index contributed by atoms with van der Waals surface area (Å²) in [6.45, 7) is 9.37. The fraction of sp³-hybridized carbons (Fsp3) is 1.00. The van der Waals surface area contributed by atoms with Crippen LogP contribution in [0.3, 0.4) is 0 Å². The summed E-state index contributed by atoms with van der Waals surface area (Å²) in [4.78, 5) is 0. The Bertz CT molecular complexity index is 230. The highest BCUT2D eigenvalue weighted by Gasteiger charge is 2.40. The Morgan fingerprint density at radius 2 is 1.33 bits per heavy atom.